The maximum atomic E-state index is 12.7. The van der Waals surface area contributed by atoms with Gasteiger partial charge in [0.15, 0.2) is 6.10 Å². The SMILES string of the molecule is CCCCNC(=O)O[C@H](c1ccc(-c2ccccc2C(=O)O)cc1)c1ccc(C)c2nc(OCC)cn12. The predicted molar refractivity (Wildman–Crippen MR) is 141 cm³/mol. The van der Waals surface area contributed by atoms with Crippen LogP contribution in [-0.4, -0.2) is 39.7 Å². The number of imidazole rings is 1. The van der Waals surface area contributed by atoms with Crippen molar-refractivity contribution in [1.82, 2.24) is 14.7 Å². The molecule has 4 rings (SSSR count). The Balaban J connectivity index is 1.76. The van der Waals surface area contributed by atoms with Gasteiger partial charge in [0.05, 0.1) is 24.1 Å². The molecular formula is C29H31N3O5. The maximum absolute atomic E-state index is 12.7. The molecule has 4 aromatic rings. The van der Waals surface area contributed by atoms with Gasteiger partial charge in [0.1, 0.15) is 5.65 Å². The Bertz CT molecular complexity index is 1390. The normalized spacial score (nSPS) is 11.8. The molecule has 0 bridgehead atoms. The first-order valence-electron chi connectivity index (χ1n) is 12.4. The molecule has 0 unspecified atom stereocenters. The van der Waals surface area contributed by atoms with Gasteiger partial charge in [-0.25, -0.2) is 9.59 Å². The van der Waals surface area contributed by atoms with Crippen molar-refractivity contribution < 1.29 is 24.2 Å². The second-order valence-corrected chi connectivity index (χ2v) is 8.69. The minimum Gasteiger partial charge on any atom is -0.478 e. The van der Waals surface area contributed by atoms with Crippen LogP contribution in [-0.2, 0) is 4.74 Å². The summed E-state index contributed by atoms with van der Waals surface area (Å²) in [6.45, 7) is 6.92. The Hall–Kier alpha value is -4.33. The van der Waals surface area contributed by atoms with E-state index in [1.807, 2.05) is 54.6 Å². The van der Waals surface area contributed by atoms with Crippen molar-refractivity contribution in [3.63, 3.8) is 0 Å². The van der Waals surface area contributed by atoms with E-state index in [2.05, 4.69) is 17.2 Å². The van der Waals surface area contributed by atoms with Gasteiger partial charge in [-0.3, -0.25) is 4.40 Å². The average molecular weight is 502 g/mol. The second kappa shape index (κ2) is 11.6. The second-order valence-electron chi connectivity index (χ2n) is 8.69. The molecule has 0 spiro atoms. The van der Waals surface area contributed by atoms with E-state index in [1.54, 1.807) is 30.5 Å². The number of hydrogen-bond donors (Lipinski definition) is 2. The largest absolute Gasteiger partial charge is 0.478 e. The summed E-state index contributed by atoms with van der Waals surface area (Å²) in [6, 6.07) is 18.1. The highest BCUT2D eigenvalue weighted by Gasteiger charge is 2.24. The van der Waals surface area contributed by atoms with E-state index in [0.29, 0.717) is 35.9 Å². The van der Waals surface area contributed by atoms with Crippen molar-refractivity contribution in [3.8, 4) is 17.0 Å². The first kappa shape index (κ1) is 25.8. The Labute approximate surface area is 215 Å². The molecule has 0 saturated carbocycles. The van der Waals surface area contributed by atoms with Gasteiger partial charge in [-0.05, 0) is 54.7 Å². The Morgan fingerprint density at radius 3 is 2.51 bits per heavy atom. The van der Waals surface area contributed by atoms with E-state index in [-0.39, 0.29) is 5.56 Å². The number of aromatic nitrogens is 2. The van der Waals surface area contributed by atoms with Crippen molar-refractivity contribution in [2.45, 2.75) is 39.7 Å². The summed E-state index contributed by atoms with van der Waals surface area (Å²) in [5.74, 6) is -0.498. The number of nitrogens with zero attached hydrogens (tertiary/aromatic N) is 2. The minimum atomic E-state index is -0.989. The molecule has 0 saturated heterocycles. The fourth-order valence-corrected chi connectivity index (χ4v) is 4.20. The summed E-state index contributed by atoms with van der Waals surface area (Å²) in [7, 11) is 0. The molecule has 2 aromatic heterocycles. The van der Waals surface area contributed by atoms with Gasteiger partial charge in [0.25, 0.3) is 0 Å². The van der Waals surface area contributed by atoms with Crippen molar-refractivity contribution in [3.05, 3.63) is 89.2 Å². The number of fused-ring (bicyclic) bond motifs is 1. The lowest BCUT2D eigenvalue weighted by atomic mass is 9.97. The van der Waals surface area contributed by atoms with Crippen LogP contribution in [0.4, 0.5) is 4.79 Å². The molecular weight excluding hydrogens is 470 g/mol. The van der Waals surface area contributed by atoms with Crippen LogP contribution in [0.1, 0.15) is 60.0 Å². The van der Waals surface area contributed by atoms with Gasteiger partial charge in [-0.15, -0.1) is 0 Å². The number of amides is 1. The topological polar surface area (TPSA) is 102 Å². The number of unbranched alkanes of at least 4 members (excludes halogenated alkanes) is 1. The van der Waals surface area contributed by atoms with Crippen LogP contribution in [0.15, 0.2) is 66.9 Å². The highest BCUT2D eigenvalue weighted by Crippen LogP contribution is 2.32. The molecule has 2 N–H and O–H groups in total. The van der Waals surface area contributed by atoms with Gasteiger partial charge in [0.2, 0.25) is 5.88 Å². The minimum absolute atomic E-state index is 0.223. The van der Waals surface area contributed by atoms with E-state index in [4.69, 9.17) is 9.47 Å². The number of hydrogen-bond acceptors (Lipinski definition) is 5. The smallest absolute Gasteiger partial charge is 0.408 e. The van der Waals surface area contributed by atoms with Crippen LogP contribution in [0.5, 0.6) is 5.88 Å². The van der Waals surface area contributed by atoms with Crippen molar-refractivity contribution in [2.24, 2.45) is 0 Å². The fraction of sp³-hybridized carbons (Fsp3) is 0.276. The van der Waals surface area contributed by atoms with Gasteiger partial charge >= 0.3 is 12.1 Å². The first-order valence-corrected chi connectivity index (χ1v) is 12.4. The fourth-order valence-electron chi connectivity index (χ4n) is 4.20. The molecule has 2 aromatic carbocycles. The third-order valence-electron chi connectivity index (χ3n) is 6.09. The number of pyridine rings is 1. The van der Waals surface area contributed by atoms with Crippen LogP contribution in [0.2, 0.25) is 0 Å². The summed E-state index contributed by atoms with van der Waals surface area (Å²) >= 11 is 0. The molecule has 8 heteroatoms. The summed E-state index contributed by atoms with van der Waals surface area (Å²) in [6.07, 6.45) is 2.35. The number of alkyl carbamates (subject to hydrolysis) is 1. The molecule has 8 nitrogen and oxygen atoms in total. The number of aromatic carboxylic acids is 1. The number of benzene rings is 2. The zero-order valence-electron chi connectivity index (χ0n) is 21.2. The van der Waals surface area contributed by atoms with Crippen molar-refractivity contribution in [2.75, 3.05) is 13.2 Å². The molecule has 37 heavy (non-hydrogen) atoms. The van der Waals surface area contributed by atoms with Crippen molar-refractivity contribution in [1.29, 1.82) is 0 Å². The number of carbonyl (C=O) groups is 2. The van der Waals surface area contributed by atoms with Crippen LogP contribution in [0, 0.1) is 6.92 Å². The number of carbonyl (C=O) groups excluding carboxylic acids is 1. The van der Waals surface area contributed by atoms with Crippen molar-refractivity contribution >= 4 is 17.7 Å². The summed E-state index contributed by atoms with van der Waals surface area (Å²) in [5, 5.41) is 12.4. The lowest BCUT2D eigenvalue weighted by Crippen LogP contribution is -2.28. The predicted octanol–water partition coefficient (Wildman–Crippen LogP) is 6.02. The molecule has 0 aliphatic carbocycles. The van der Waals surface area contributed by atoms with E-state index in [1.165, 1.54) is 0 Å². The van der Waals surface area contributed by atoms with E-state index in [0.717, 1.165) is 29.5 Å². The number of aryl methyl sites for hydroxylation is 1. The monoisotopic (exact) mass is 501 g/mol. The van der Waals surface area contributed by atoms with Crippen LogP contribution in [0.3, 0.4) is 0 Å². The zero-order chi connectivity index (χ0) is 26.4. The quantitative estimate of drug-likeness (QED) is 0.258. The van der Waals surface area contributed by atoms with E-state index < -0.39 is 18.2 Å². The van der Waals surface area contributed by atoms with E-state index >= 15 is 0 Å². The Kier molecular flexibility index (Phi) is 8.08. The lowest BCUT2D eigenvalue weighted by Gasteiger charge is -2.21. The number of carboxylic acids is 1. The molecule has 2 heterocycles. The van der Waals surface area contributed by atoms with Crippen LogP contribution in [0.25, 0.3) is 16.8 Å². The molecule has 1 atom stereocenters. The summed E-state index contributed by atoms with van der Waals surface area (Å²) in [5.41, 5.74) is 4.71. The highest BCUT2D eigenvalue weighted by atomic mass is 16.6. The molecule has 0 aliphatic rings. The number of ether oxygens (including phenoxy) is 2. The van der Waals surface area contributed by atoms with E-state index in [9.17, 15) is 14.7 Å². The molecule has 0 radical (unpaired) electrons. The van der Waals surface area contributed by atoms with Gasteiger partial charge < -0.3 is 19.9 Å². The third-order valence-corrected chi connectivity index (χ3v) is 6.09. The zero-order valence-corrected chi connectivity index (χ0v) is 21.2. The molecule has 0 fully saturated rings. The van der Waals surface area contributed by atoms with Gasteiger partial charge in [0, 0.05) is 6.54 Å². The Morgan fingerprint density at radius 1 is 1.05 bits per heavy atom. The van der Waals surface area contributed by atoms with Crippen LogP contribution >= 0.6 is 0 Å². The third kappa shape index (κ3) is 5.74. The maximum Gasteiger partial charge on any atom is 0.408 e. The lowest BCUT2D eigenvalue weighted by molar-refractivity contribution is 0.0697. The van der Waals surface area contributed by atoms with Gasteiger partial charge in [-0.1, -0.05) is 61.9 Å². The molecule has 0 aliphatic heterocycles. The Morgan fingerprint density at radius 2 is 1.81 bits per heavy atom. The first-order chi connectivity index (χ1) is 17.9. The molecule has 192 valence electrons. The summed E-state index contributed by atoms with van der Waals surface area (Å²) < 4.78 is 13.5. The molecule has 1 amide bonds. The highest BCUT2D eigenvalue weighted by molar-refractivity contribution is 5.96. The van der Waals surface area contributed by atoms with Crippen LogP contribution < -0.4 is 10.1 Å². The number of carboxylic acid groups (broad SMARTS) is 1. The average Bonchev–Trinajstić information content (AvgIpc) is 3.33. The number of rotatable bonds is 10. The summed E-state index contributed by atoms with van der Waals surface area (Å²) in [4.78, 5) is 29.0. The standard InChI is InChI=1S/C29H31N3O5/c1-4-6-17-30-29(35)37-26(24-16-11-19(3)27-31-25(36-5-2)18-32(24)27)21-14-12-20(13-15-21)22-9-7-8-10-23(22)28(33)34/h7-16,18,26H,4-6,17H2,1-3H3,(H,30,35)(H,33,34)/t26-/m1/s1. The van der Waals surface area contributed by atoms with Gasteiger partial charge in [-0.2, -0.15) is 4.98 Å². The number of nitrogens with one attached hydrogen (secondary N) is 1.